The van der Waals surface area contributed by atoms with Gasteiger partial charge < -0.3 is 38.5 Å². The number of halogens is 1. The fourth-order valence-electron chi connectivity index (χ4n) is 1.65. The van der Waals surface area contributed by atoms with Crippen molar-refractivity contribution in [1.82, 2.24) is 5.32 Å². The van der Waals surface area contributed by atoms with Gasteiger partial charge in [-0.2, -0.15) is 0 Å². The summed E-state index contributed by atoms with van der Waals surface area (Å²) >= 11 is 0. The Kier molecular flexibility index (Phi) is 24.2. The Morgan fingerprint density at radius 3 is 1.00 bits per heavy atom. The van der Waals surface area contributed by atoms with E-state index in [4.69, 9.17) is 33.2 Å². The van der Waals surface area contributed by atoms with Crippen LogP contribution in [0.4, 0.5) is 4.39 Å². The molecule has 9 heteroatoms. The van der Waals surface area contributed by atoms with Crippen molar-refractivity contribution in [2.45, 2.75) is 0 Å². The second kappa shape index (κ2) is 24.6. The van der Waals surface area contributed by atoms with Crippen molar-refractivity contribution in [3.05, 3.63) is 0 Å². The minimum absolute atomic E-state index is 0.125. The van der Waals surface area contributed by atoms with Crippen LogP contribution in [0.1, 0.15) is 0 Å². The number of nitrogens with one attached hydrogen (secondary N) is 1. The van der Waals surface area contributed by atoms with Gasteiger partial charge in [-0.25, -0.2) is 4.39 Å². The highest BCUT2D eigenvalue weighted by Crippen LogP contribution is 1.85. The second-order valence-electron chi connectivity index (χ2n) is 5.08. The van der Waals surface area contributed by atoms with Crippen molar-refractivity contribution in [2.75, 3.05) is 113 Å². The Morgan fingerprint density at radius 2 is 0.731 bits per heavy atom. The monoisotopic (exact) mass is 385 g/mol. The van der Waals surface area contributed by atoms with E-state index in [2.05, 4.69) is 5.32 Å². The number of ether oxygens (including phenoxy) is 7. The van der Waals surface area contributed by atoms with E-state index < -0.39 is 6.67 Å². The number of likely N-dealkylation sites (N-methyl/N-ethyl adjacent to an activating group) is 1. The van der Waals surface area contributed by atoms with Gasteiger partial charge in [-0.1, -0.05) is 0 Å². The Bertz CT molecular complexity index is 229. The predicted molar refractivity (Wildman–Crippen MR) is 95.6 cm³/mol. The summed E-state index contributed by atoms with van der Waals surface area (Å²) in [5.74, 6) is 0. The first-order valence-corrected chi connectivity index (χ1v) is 9.16. The van der Waals surface area contributed by atoms with Crippen molar-refractivity contribution in [3.8, 4) is 0 Å². The Hall–Kier alpha value is -0.390. The Morgan fingerprint density at radius 1 is 0.462 bits per heavy atom. The van der Waals surface area contributed by atoms with Crippen LogP contribution >= 0.6 is 0 Å². The summed E-state index contributed by atoms with van der Waals surface area (Å²) < 4.78 is 48.7. The molecule has 0 amide bonds. The fourth-order valence-corrected chi connectivity index (χ4v) is 1.65. The molecule has 0 aliphatic rings. The number of alkyl halides is 1. The highest BCUT2D eigenvalue weighted by Gasteiger charge is 1.94. The molecule has 0 saturated heterocycles. The van der Waals surface area contributed by atoms with Crippen LogP contribution < -0.4 is 5.32 Å². The summed E-state index contributed by atoms with van der Waals surface area (Å²) in [4.78, 5) is 0. The molecule has 0 aliphatic carbocycles. The van der Waals surface area contributed by atoms with Gasteiger partial charge in [0.1, 0.15) is 6.67 Å². The minimum Gasteiger partial charge on any atom is -0.378 e. The highest BCUT2D eigenvalue weighted by molar-refractivity contribution is 4.38. The first kappa shape index (κ1) is 25.6. The van der Waals surface area contributed by atoms with Crippen molar-refractivity contribution in [1.29, 1.82) is 0 Å². The zero-order valence-electron chi connectivity index (χ0n) is 16.0. The maximum absolute atomic E-state index is 11.7. The lowest BCUT2D eigenvalue weighted by Gasteiger charge is -2.08. The normalized spacial score (nSPS) is 11.3. The molecule has 0 atom stereocenters. The van der Waals surface area contributed by atoms with E-state index in [1.807, 2.05) is 7.05 Å². The highest BCUT2D eigenvalue weighted by atomic mass is 19.1. The van der Waals surface area contributed by atoms with Gasteiger partial charge in [-0.3, -0.25) is 0 Å². The maximum atomic E-state index is 11.7. The first-order valence-electron chi connectivity index (χ1n) is 9.16. The van der Waals surface area contributed by atoms with Gasteiger partial charge in [0, 0.05) is 6.54 Å². The van der Waals surface area contributed by atoms with Crippen LogP contribution in [-0.2, 0) is 33.2 Å². The Balaban J connectivity index is 2.95. The summed E-state index contributed by atoms with van der Waals surface area (Å²) in [5.41, 5.74) is 0. The molecule has 0 saturated carbocycles. The third-order valence-electron chi connectivity index (χ3n) is 2.95. The van der Waals surface area contributed by atoms with Crippen LogP contribution in [0.3, 0.4) is 0 Å². The average molecular weight is 385 g/mol. The van der Waals surface area contributed by atoms with Crippen LogP contribution in [0, 0.1) is 0 Å². The molecular weight excluding hydrogens is 349 g/mol. The van der Waals surface area contributed by atoms with Gasteiger partial charge in [0.05, 0.1) is 92.5 Å². The van der Waals surface area contributed by atoms with Crippen molar-refractivity contribution >= 4 is 0 Å². The van der Waals surface area contributed by atoms with Gasteiger partial charge in [-0.05, 0) is 7.05 Å². The van der Waals surface area contributed by atoms with Crippen LogP contribution in [-0.4, -0.2) is 113 Å². The van der Waals surface area contributed by atoms with Gasteiger partial charge in [0.25, 0.3) is 0 Å². The fraction of sp³-hybridized carbons (Fsp3) is 1.00. The molecule has 8 nitrogen and oxygen atoms in total. The van der Waals surface area contributed by atoms with Gasteiger partial charge in [-0.15, -0.1) is 0 Å². The van der Waals surface area contributed by atoms with Crippen molar-refractivity contribution < 1.29 is 37.5 Å². The summed E-state index contributed by atoms with van der Waals surface area (Å²) in [7, 11) is 1.89. The topological polar surface area (TPSA) is 76.6 Å². The Labute approximate surface area is 156 Å². The molecule has 0 heterocycles. The first-order chi connectivity index (χ1) is 12.9. The van der Waals surface area contributed by atoms with E-state index in [9.17, 15) is 4.39 Å². The predicted octanol–water partition coefficient (Wildman–Crippen LogP) is 0.292. The molecule has 0 aromatic heterocycles. The lowest BCUT2D eigenvalue weighted by Crippen LogP contribution is -2.17. The van der Waals surface area contributed by atoms with E-state index in [0.717, 1.165) is 6.54 Å². The second-order valence-corrected chi connectivity index (χ2v) is 5.08. The van der Waals surface area contributed by atoms with E-state index in [1.165, 1.54) is 0 Å². The molecule has 0 aromatic rings. The maximum Gasteiger partial charge on any atom is 0.113 e. The summed E-state index contributed by atoms with van der Waals surface area (Å²) in [6.07, 6.45) is 0. The summed E-state index contributed by atoms with van der Waals surface area (Å²) in [6.45, 7) is 7.41. The summed E-state index contributed by atoms with van der Waals surface area (Å²) in [6, 6.07) is 0. The zero-order chi connectivity index (χ0) is 19.0. The zero-order valence-corrected chi connectivity index (χ0v) is 16.0. The molecular formula is C17H36FNO7. The largest absolute Gasteiger partial charge is 0.378 e. The lowest BCUT2D eigenvalue weighted by molar-refractivity contribution is -0.0206. The molecule has 0 spiro atoms. The van der Waals surface area contributed by atoms with E-state index in [0.29, 0.717) is 85.9 Å². The van der Waals surface area contributed by atoms with Crippen LogP contribution in [0.15, 0.2) is 0 Å². The quantitative estimate of drug-likeness (QED) is 0.252. The van der Waals surface area contributed by atoms with Gasteiger partial charge in [0.2, 0.25) is 0 Å². The standard InChI is InChI=1S/C17H36FNO7/c1-19-3-5-21-7-9-23-11-13-25-15-17-26-16-14-24-12-10-22-8-6-20-4-2-18/h19H,2-17H2,1H3. The summed E-state index contributed by atoms with van der Waals surface area (Å²) in [5, 5.41) is 3.01. The molecule has 26 heavy (non-hydrogen) atoms. The molecule has 0 rings (SSSR count). The molecule has 158 valence electrons. The van der Waals surface area contributed by atoms with Gasteiger partial charge >= 0.3 is 0 Å². The van der Waals surface area contributed by atoms with E-state index >= 15 is 0 Å². The third-order valence-corrected chi connectivity index (χ3v) is 2.95. The van der Waals surface area contributed by atoms with Crippen LogP contribution in [0.25, 0.3) is 0 Å². The molecule has 0 bridgehead atoms. The number of rotatable bonds is 23. The molecule has 0 radical (unpaired) electrons. The molecule has 0 unspecified atom stereocenters. The number of hydrogen-bond donors (Lipinski definition) is 1. The van der Waals surface area contributed by atoms with E-state index in [-0.39, 0.29) is 6.61 Å². The SMILES string of the molecule is CNCCOCCOCCOCCOCCOCCOCCOCCF. The number of hydrogen-bond acceptors (Lipinski definition) is 8. The van der Waals surface area contributed by atoms with Crippen LogP contribution in [0.5, 0.6) is 0 Å². The molecule has 0 fully saturated rings. The average Bonchev–Trinajstić information content (AvgIpc) is 2.66. The minimum atomic E-state index is -0.463. The van der Waals surface area contributed by atoms with Crippen molar-refractivity contribution in [3.63, 3.8) is 0 Å². The molecule has 0 aliphatic heterocycles. The van der Waals surface area contributed by atoms with Gasteiger partial charge in [0.15, 0.2) is 0 Å². The smallest absolute Gasteiger partial charge is 0.113 e. The lowest BCUT2D eigenvalue weighted by atomic mass is 10.6. The van der Waals surface area contributed by atoms with Crippen molar-refractivity contribution in [2.24, 2.45) is 0 Å². The van der Waals surface area contributed by atoms with E-state index in [1.54, 1.807) is 0 Å². The molecule has 1 N–H and O–H groups in total. The molecule has 0 aromatic carbocycles. The van der Waals surface area contributed by atoms with Crippen LogP contribution in [0.2, 0.25) is 0 Å². The third kappa shape index (κ3) is 23.6.